The molecule has 4 aromatic carbocycles. The van der Waals surface area contributed by atoms with Crippen LogP contribution in [-0.4, -0.2) is 51.3 Å². The van der Waals surface area contributed by atoms with Crippen molar-refractivity contribution in [1.82, 2.24) is 10.6 Å². The highest BCUT2D eigenvalue weighted by Crippen LogP contribution is 2.45. The van der Waals surface area contributed by atoms with Crippen LogP contribution < -0.4 is 25.0 Å². The van der Waals surface area contributed by atoms with E-state index in [0.717, 1.165) is 37.4 Å². The molecule has 5 rings (SSSR count). The van der Waals surface area contributed by atoms with Crippen LogP contribution in [0.25, 0.3) is 0 Å². The van der Waals surface area contributed by atoms with Crippen molar-refractivity contribution < 1.29 is 28.2 Å². The monoisotopic (exact) mass is 799 g/mol. The lowest BCUT2D eigenvalue weighted by Crippen LogP contribution is -2.45. The molecule has 0 saturated heterocycles. The number of hydrogen-bond donors (Lipinski definition) is 2. The van der Waals surface area contributed by atoms with Gasteiger partial charge in [-0.15, -0.1) is 12.4 Å². The molecule has 290 valence electrons. The van der Waals surface area contributed by atoms with Gasteiger partial charge in [0.05, 0.1) is 20.1 Å². The molecular formula is C42H49Cl3FN3O5. The average Bonchev–Trinajstić information content (AvgIpc) is 3.22. The molecule has 0 bridgehead atoms. The predicted molar refractivity (Wildman–Crippen MR) is 216 cm³/mol. The van der Waals surface area contributed by atoms with E-state index >= 15 is 0 Å². The normalized spacial score (nSPS) is 15.5. The average molecular weight is 801 g/mol. The van der Waals surface area contributed by atoms with Crippen LogP contribution in [0.4, 0.5) is 10.1 Å². The second kappa shape index (κ2) is 20.2. The number of aryl methyl sites for hydroxylation is 1. The molecule has 0 saturated carbocycles. The molecule has 2 amide bonds. The molecular weight excluding hydrogens is 752 g/mol. The number of hydrogen-bond acceptors (Lipinski definition) is 6. The zero-order valence-corrected chi connectivity index (χ0v) is 33.5. The van der Waals surface area contributed by atoms with Crippen LogP contribution in [0.15, 0.2) is 84.9 Å². The summed E-state index contributed by atoms with van der Waals surface area (Å²) in [5.74, 6) is -0.254. The van der Waals surface area contributed by atoms with Gasteiger partial charge in [0.2, 0.25) is 5.91 Å². The predicted octanol–water partition coefficient (Wildman–Crippen LogP) is 9.13. The fraction of sp³-hybridized carbons (Fsp3) is 0.381. The van der Waals surface area contributed by atoms with Crippen LogP contribution in [0, 0.1) is 11.2 Å². The zero-order valence-electron chi connectivity index (χ0n) is 31.1. The van der Waals surface area contributed by atoms with Crippen molar-refractivity contribution in [1.29, 1.82) is 0 Å². The third kappa shape index (κ3) is 11.8. The molecule has 2 unspecified atom stereocenters. The molecule has 4 aromatic rings. The minimum atomic E-state index is -1.17. The lowest BCUT2D eigenvalue weighted by atomic mass is 9.94. The van der Waals surface area contributed by atoms with E-state index in [-0.39, 0.29) is 36.7 Å². The number of anilines is 1. The number of halogens is 4. The molecule has 54 heavy (non-hydrogen) atoms. The summed E-state index contributed by atoms with van der Waals surface area (Å²) in [4.78, 5) is 29.4. The summed E-state index contributed by atoms with van der Waals surface area (Å²) in [6.45, 7) is 8.54. The number of nitrogens with zero attached hydrogens (tertiary/aromatic N) is 1. The summed E-state index contributed by atoms with van der Waals surface area (Å²) in [6.07, 6.45) is 0.410. The Kier molecular flexibility index (Phi) is 16.0. The first-order valence-corrected chi connectivity index (χ1v) is 18.7. The Labute approximate surface area is 334 Å². The molecule has 0 fully saturated rings. The van der Waals surface area contributed by atoms with E-state index in [0.29, 0.717) is 52.1 Å². The van der Waals surface area contributed by atoms with Crippen molar-refractivity contribution in [3.05, 3.63) is 123 Å². The summed E-state index contributed by atoms with van der Waals surface area (Å²) in [5.41, 5.74) is 3.17. The van der Waals surface area contributed by atoms with Gasteiger partial charge in [0.15, 0.2) is 11.5 Å². The lowest BCUT2D eigenvalue weighted by molar-refractivity contribution is -0.138. The fourth-order valence-corrected chi connectivity index (χ4v) is 6.74. The third-order valence-corrected chi connectivity index (χ3v) is 9.27. The van der Waals surface area contributed by atoms with Gasteiger partial charge in [-0.05, 0) is 85.8 Å². The highest BCUT2D eigenvalue weighted by molar-refractivity contribution is 6.31. The molecule has 0 aliphatic carbocycles. The van der Waals surface area contributed by atoms with E-state index in [4.69, 9.17) is 37.4 Å². The van der Waals surface area contributed by atoms with Crippen molar-refractivity contribution >= 4 is 53.1 Å². The van der Waals surface area contributed by atoms with Crippen LogP contribution in [0.3, 0.4) is 0 Å². The molecule has 1 aliphatic rings. The number of ether oxygens (including phenoxy) is 3. The van der Waals surface area contributed by atoms with Crippen LogP contribution in [-0.2, 0) is 27.3 Å². The molecule has 8 nitrogen and oxygen atoms in total. The van der Waals surface area contributed by atoms with E-state index in [1.165, 1.54) is 11.6 Å². The second-order valence-corrected chi connectivity index (χ2v) is 15.2. The summed E-state index contributed by atoms with van der Waals surface area (Å²) >= 11 is 12.7. The Balaban J connectivity index is 0.00000650. The number of amides is 2. The second-order valence-electron chi connectivity index (χ2n) is 14.3. The quantitative estimate of drug-likeness (QED) is 0.110. The first-order valence-electron chi connectivity index (χ1n) is 17.9. The summed E-state index contributed by atoms with van der Waals surface area (Å²) in [7, 11) is 1.56. The van der Waals surface area contributed by atoms with Gasteiger partial charge in [-0.1, -0.05) is 86.4 Å². The van der Waals surface area contributed by atoms with E-state index in [2.05, 4.69) is 16.7 Å². The summed E-state index contributed by atoms with van der Waals surface area (Å²) < 4.78 is 33.2. The van der Waals surface area contributed by atoms with Crippen LogP contribution in [0.5, 0.6) is 11.5 Å². The Bertz CT molecular complexity index is 1870. The van der Waals surface area contributed by atoms with Gasteiger partial charge in [-0.2, -0.15) is 0 Å². The first-order chi connectivity index (χ1) is 25.4. The molecule has 1 aliphatic heterocycles. The molecule has 0 aromatic heterocycles. The molecule has 1 heterocycles. The Hall–Kier alpha value is -3.86. The number of nitrogens with one attached hydrogen (secondary N) is 2. The first kappa shape index (κ1) is 42.9. The van der Waals surface area contributed by atoms with Crippen molar-refractivity contribution in [2.45, 2.75) is 65.2 Å². The van der Waals surface area contributed by atoms with Crippen LogP contribution in [0.1, 0.15) is 68.4 Å². The number of carbonyl (C=O) groups is 2. The third-order valence-electron chi connectivity index (χ3n) is 8.80. The van der Waals surface area contributed by atoms with Gasteiger partial charge < -0.3 is 29.7 Å². The Morgan fingerprint density at radius 3 is 2.41 bits per heavy atom. The number of methoxy groups -OCH3 is 1. The van der Waals surface area contributed by atoms with Gasteiger partial charge in [-0.3, -0.25) is 9.59 Å². The fourth-order valence-electron chi connectivity index (χ4n) is 6.34. The number of carbonyl (C=O) groups excluding carboxylic acids is 2. The van der Waals surface area contributed by atoms with E-state index < -0.39 is 23.9 Å². The van der Waals surface area contributed by atoms with Gasteiger partial charge in [0.25, 0.3) is 5.91 Å². The maximum absolute atomic E-state index is 14.3. The van der Waals surface area contributed by atoms with Crippen LogP contribution in [0.2, 0.25) is 10.0 Å². The topological polar surface area (TPSA) is 89.1 Å². The molecule has 2 N–H and O–H groups in total. The van der Waals surface area contributed by atoms with Crippen molar-refractivity contribution in [3.8, 4) is 11.5 Å². The zero-order chi connectivity index (χ0) is 38.0. The smallest absolute Gasteiger partial charge is 0.256 e. The minimum absolute atomic E-state index is 0. The van der Waals surface area contributed by atoms with Crippen molar-refractivity contribution in [2.24, 2.45) is 5.41 Å². The number of fused-ring (bicyclic) bond motifs is 1. The largest absolute Gasteiger partial charge is 0.492 e. The minimum Gasteiger partial charge on any atom is -0.492 e. The highest BCUT2D eigenvalue weighted by atomic mass is 35.5. The SMILES string of the molecule is COc1c(OCCCNCCCc2cccc(Cl)c2)cccc1C1OC(CC(=O)NCc2ccccc2F)C(=O)N(CC(C)(C)C)c2ccc(Cl)cc21.Cl. The molecule has 0 spiro atoms. The van der Waals surface area contributed by atoms with E-state index in [1.54, 1.807) is 42.3 Å². The van der Waals surface area contributed by atoms with E-state index in [1.807, 2.05) is 63.2 Å². The van der Waals surface area contributed by atoms with Gasteiger partial charge in [0.1, 0.15) is 18.0 Å². The van der Waals surface area contributed by atoms with Gasteiger partial charge >= 0.3 is 0 Å². The number of benzene rings is 4. The lowest BCUT2D eigenvalue weighted by Gasteiger charge is -2.31. The number of para-hydroxylation sites is 1. The Morgan fingerprint density at radius 1 is 0.926 bits per heavy atom. The standard InChI is InChI=1S/C42H48Cl2FN3O5.ClH/c1-42(2,3)27-48-35-19-18-31(44)24-33(35)39(53-37(41(48)50)25-38(49)47-26-29-13-5-6-16-34(29)45)32-15-8-17-36(40(32)51-4)52-22-10-21-46-20-9-12-28-11-7-14-30(43)23-28;/h5-8,11,13-19,23-24,37,39,46H,9-10,12,20-22,25-27H2,1-4H3,(H,47,49);1H. The summed E-state index contributed by atoms with van der Waals surface area (Å²) in [5, 5.41) is 7.45. The Morgan fingerprint density at radius 2 is 1.67 bits per heavy atom. The van der Waals surface area contributed by atoms with Crippen molar-refractivity contribution in [2.75, 3.05) is 38.3 Å². The van der Waals surface area contributed by atoms with Gasteiger partial charge in [-0.25, -0.2) is 4.39 Å². The highest BCUT2D eigenvalue weighted by Gasteiger charge is 2.40. The summed E-state index contributed by atoms with van der Waals surface area (Å²) in [6, 6.07) is 25.1. The molecule has 2 atom stereocenters. The van der Waals surface area contributed by atoms with Crippen LogP contribution >= 0.6 is 35.6 Å². The van der Waals surface area contributed by atoms with Crippen molar-refractivity contribution in [3.63, 3.8) is 0 Å². The van der Waals surface area contributed by atoms with Gasteiger partial charge in [0, 0.05) is 45.5 Å². The molecule has 0 radical (unpaired) electrons. The maximum Gasteiger partial charge on any atom is 0.256 e. The number of rotatable bonds is 16. The molecule has 12 heteroatoms. The maximum atomic E-state index is 14.3. The van der Waals surface area contributed by atoms with E-state index in [9.17, 15) is 14.0 Å².